The zero-order valence-electron chi connectivity index (χ0n) is 33.7. The number of aliphatic hydroxyl groups is 1. The number of hydrazone groups is 1. The number of nitrogens with one attached hydrogen (secondary N) is 1. The summed E-state index contributed by atoms with van der Waals surface area (Å²) in [6.07, 6.45) is 0.224. The van der Waals surface area contributed by atoms with Crippen LogP contribution in [0, 0.1) is 0 Å². The number of hydrogen-bond acceptors (Lipinski definition) is 14. The quantitative estimate of drug-likeness (QED) is 0.0764. The van der Waals surface area contributed by atoms with Gasteiger partial charge in [0.2, 0.25) is 5.91 Å². The molecule has 18 nitrogen and oxygen atoms in total. The SMILES string of the molecule is CCOC(=O)c1ccc(N2C(=O)CC(C)=C3C(=O)N(c4ccc(COO)cc4)N=C32)cc1.CCOC(=O)c1ccc(N=C2CC(=O)N(c3ccc(COO)cc3)N2)cc1.CO. The van der Waals surface area contributed by atoms with Crippen molar-refractivity contribution < 1.29 is 58.8 Å². The van der Waals surface area contributed by atoms with Crippen LogP contribution in [0.3, 0.4) is 0 Å². The van der Waals surface area contributed by atoms with E-state index < -0.39 is 5.97 Å². The van der Waals surface area contributed by atoms with E-state index in [4.69, 9.17) is 25.1 Å². The Morgan fingerprint density at radius 2 is 1.18 bits per heavy atom. The maximum absolute atomic E-state index is 13.1. The summed E-state index contributed by atoms with van der Waals surface area (Å²) in [7, 11) is 1.00. The average molecular weight is 837 g/mol. The number of hydrazine groups is 1. The van der Waals surface area contributed by atoms with Crippen LogP contribution in [-0.4, -0.2) is 77.3 Å². The van der Waals surface area contributed by atoms with E-state index in [2.05, 4.69) is 25.3 Å². The summed E-state index contributed by atoms with van der Waals surface area (Å²) < 4.78 is 9.94. The third-order valence-electron chi connectivity index (χ3n) is 9.05. The number of aliphatic hydroxyl groups excluding tert-OH is 1. The Balaban J connectivity index is 0.000000225. The second-order valence-electron chi connectivity index (χ2n) is 13.1. The fourth-order valence-corrected chi connectivity index (χ4v) is 6.23. The van der Waals surface area contributed by atoms with Crippen LogP contribution in [0.25, 0.3) is 0 Å². The van der Waals surface area contributed by atoms with Crippen molar-refractivity contribution in [3.8, 4) is 0 Å². The number of carbonyl (C=O) groups excluding carboxylic acids is 5. The van der Waals surface area contributed by atoms with Crippen LogP contribution in [0.2, 0.25) is 0 Å². The Hall–Kier alpha value is -7.09. The third kappa shape index (κ3) is 10.8. The monoisotopic (exact) mass is 836 g/mol. The number of aliphatic imine (C=N–C) groups is 1. The molecule has 0 spiro atoms. The fourth-order valence-electron chi connectivity index (χ4n) is 6.23. The van der Waals surface area contributed by atoms with Gasteiger partial charge in [0.05, 0.1) is 59.1 Å². The molecule has 0 radical (unpaired) electrons. The van der Waals surface area contributed by atoms with Gasteiger partial charge in [-0.15, -0.1) is 5.10 Å². The van der Waals surface area contributed by atoms with Crippen molar-refractivity contribution in [3.63, 3.8) is 0 Å². The summed E-state index contributed by atoms with van der Waals surface area (Å²) in [5, 5.41) is 31.2. The molecule has 4 aromatic carbocycles. The number of anilines is 3. The molecule has 0 saturated carbocycles. The van der Waals surface area contributed by atoms with E-state index in [0.29, 0.717) is 57.5 Å². The van der Waals surface area contributed by atoms with E-state index >= 15 is 0 Å². The van der Waals surface area contributed by atoms with Gasteiger partial charge < -0.3 is 14.6 Å². The lowest BCUT2D eigenvalue weighted by Gasteiger charge is -2.27. The van der Waals surface area contributed by atoms with E-state index in [1.54, 1.807) is 118 Å². The molecule has 3 aliphatic heterocycles. The number of ether oxygens (including phenoxy) is 2. The van der Waals surface area contributed by atoms with Crippen molar-refractivity contribution >= 4 is 64.1 Å². The number of carbonyl (C=O) groups is 5. The minimum Gasteiger partial charge on any atom is -0.462 e. The third-order valence-corrected chi connectivity index (χ3v) is 9.05. The van der Waals surface area contributed by atoms with Crippen LogP contribution >= 0.6 is 0 Å². The first-order chi connectivity index (χ1) is 29.5. The topological polar surface area (TPSA) is 229 Å². The normalized spacial score (nSPS) is 15.1. The van der Waals surface area contributed by atoms with Gasteiger partial charge in [-0.1, -0.05) is 24.3 Å². The predicted molar refractivity (Wildman–Crippen MR) is 223 cm³/mol. The van der Waals surface area contributed by atoms with Gasteiger partial charge in [-0.05, 0) is 110 Å². The zero-order chi connectivity index (χ0) is 44.1. The largest absolute Gasteiger partial charge is 0.462 e. The molecule has 1 fully saturated rings. The van der Waals surface area contributed by atoms with Gasteiger partial charge in [-0.3, -0.25) is 35.2 Å². The first kappa shape index (κ1) is 45.0. The number of rotatable bonds is 12. The molecule has 18 heteroatoms. The van der Waals surface area contributed by atoms with Crippen molar-refractivity contribution in [1.29, 1.82) is 0 Å². The molecule has 0 aromatic heterocycles. The molecular weight excluding hydrogens is 793 g/mol. The number of benzene rings is 4. The Morgan fingerprint density at radius 3 is 1.69 bits per heavy atom. The molecule has 61 heavy (non-hydrogen) atoms. The van der Waals surface area contributed by atoms with E-state index in [-0.39, 0.29) is 62.2 Å². The van der Waals surface area contributed by atoms with E-state index in [9.17, 15) is 24.0 Å². The lowest BCUT2D eigenvalue weighted by Crippen LogP contribution is -2.41. The molecule has 3 aliphatic rings. The molecule has 0 atom stereocenters. The van der Waals surface area contributed by atoms with E-state index in [0.717, 1.165) is 18.2 Å². The number of amides is 3. The molecule has 4 aromatic rings. The smallest absolute Gasteiger partial charge is 0.338 e. The van der Waals surface area contributed by atoms with Crippen molar-refractivity contribution in [1.82, 2.24) is 5.43 Å². The van der Waals surface area contributed by atoms with Gasteiger partial charge in [0.1, 0.15) is 19.0 Å². The highest BCUT2D eigenvalue weighted by Gasteiger charge is 2.42. The first-order valence-corrected chi connectivity index (χ1v) is 18.9. The number of fused-ring (bicyclic) bond motifs is 1. The zero-order valence-corrected chi connectivity index (χ0v) is 33.7. The molecule has 0 aliphatic carbocycles. The van der Waals surface area contributed by atoms with Gasteiger partial charge in [0, 0.05) is 13.5 Å². The Bertz CT molecular complexity index is 2310. The molecule has 0 unspecified atom stereocenters. The first-order valence-electron chi connectivity index (χ1n) is 18.9. The number of esters is 2. The number of amidine groups is 2. The second-order valence-corrected chi connectivity index (χ2v) is 13.1. The molecular formula is C43H44N6O12. The van der Waals surface area contributed by atoms with Crippen molar-refractivity contribution in [2.75, 3.05) is 35.2 Å². The molecule has 1 saturated heterocycles. The maximum Gasteiger partial charge on any atom is 0.338 e. The van der Waals surface area contributed by atoms with Crippen LogP contribution < -0.4 is 20.3 Å². The minimum atomic E-state index is -0.449. The molecule has 7 rings (SSSR count). The molecule has 4 N–H and O–H groups in total. The summed E-state index contributed by atoms with van der Waals surface area (Å²) in [4.78, 5) is 75.9. The summed E-state index contributed by atoms with van der Waals surface area (Å²) in [5.74, 6) is -0.768. The van der Waals surface area contributed by atoms with Gasteiger partial charge in [-0.25, -0.2) is 29.4 Å². The fraction of sp³-hybridized carbons (Fsp3) is 0.233. The summed E-state index contributed by atoms with van der Waals surface area (Å²) in [6.45, 7) is 5.91. The molecule has 0 bridgehead atoms. The highest BCUT2D eigenvalue weighted by molar-refractivity contribution is 6.40. The Morgan fingerprint density at radius 1 is 0.689 bits per heavy atom. The highest BCUT2D eigenvalue weighted by atomic mass is 17.1. The van der Waals surface area contributed by atoms with Gasteiger partial charge in [0.15, 0.2) is 5.84 Å². The van der Waals surface area contributed by atoms with Crippen LogP contribution in [0.5, 0.6) is 0 Å². The lowest BCUT2D eigenvalue weighted by molar-refractivity contribution is -0.253. The Kier molecular flexibility index (Phi) is 15.7. The molecule has 3 heterocycles. The van der Waals surface area contributed by atoms with Gasteiger partial charge >= 0.3 is 11.9 Å². The van der Waals surface area contributed by atoms with Crippen molar-refractivity contribution in [3.05, 3.63) is 130 Å². The van der Waals surface area contributed by atoms with Crippen LogP contribution in [0.1, 0.15) is 65.5 Å². The molecule has 318 valence electrons. The maximum atomic E-state index is 13.1. The predicted octanol–water partition coefficient (Wildman–Crippen LogP) is 5.70. The average Bonchev–Trinajstić information content (AvgIpc) is 3.81. The lowest BCUT2D eigenvalue weighted by atomic mass is 9.98. The summed E-state index contributed by atoms with van der Waals surface area (Å²) in [6, 6.07) is 26.8. The van der Waals surface area contributed by atoms with Gasteiger partial charge in [-0.2, -0.15) is 5.01 Å². The van der Waals surface area contributed by atoms with Crippen LogP contribution in [0.4, 0.5) is 22.7 Å². The van der Waals surface area contributed by atoms with Crippen LogP contribution in [-0.2, 0) is 46.8 Å². The second kappa shape index (κ2) is 21.3. The van der Waals surface area contributed by atoms with Crippen molar-refractivity contribution in [2.24, 2.45) is 10.1 Å². The number of hydrogen-bond donors (Lipinski definition) is 4. The standard InChI is InChI=1S/C23H21N3O6.C19H19N3O5.CH4O/c1-3-31-23(29)16-6-10-17(11-7-16)25-19(27)12-14(2)20-21(25)24-26(22(20)28)18-8-4-15(5-9-18)13-32-30;1-2-26-19(24)14-5-7-15(8-6-14)20-17-11-18(23)22(21-17)16-9-3-13(4-10-16)12-27-25;1-2/h4-11,30H,3,12-13H2,1-2H3;3-10,25H,2,11-12H2,1H3,(H,20,21);2H,1H3. The Labute approximate surface area is 350 Å². The van der Waals surface area contributed by atoms with Crippen molar-refractivity contribution in [2.45, 2.75) is 46.8 Å². The van der Waals surface area contributed by atoms with E-state index in [1.165, 1.54) is 14.9 Å². The van der Waals surface area contributed by atoms with E-state index in [1.807, 2.05) is 0 Å². The number of nitrogens with zero attached hydrogens (tertiary/aromatic N) is 5. The highest BCUT2D eigenvalue weighted by Crippen LogP contribution is 2.34. The van der Waals surface area contributed by atoms with Crippen LogP contribution in [0.15, 0.2) is 118 Å². The summed E-state index contributed by atoms with van der Waals surface area (Å²) in [5.41, 5.74) is 8.61. The van der Waals surface area contributed by atoms with Gasteiger partial charge in [0.25, 0.3) is 11.8 Å². The minimum absolute atomic E-state index is 0.0249. The molecule has 3 amide bonds. The summed E-state index contributed by atoms with van der Waals surface area (Å²) >= 11 is 0.